The Kier molecular flexibility index (Phi) is 4.97. The zero-order valence-electron chi connectivity index (χ0n) is 14.9. The van der Waals surface area contributed by atoms with Crippen LogP contribution >= 0.6 is 22.7 Å². The summed E-state index contributed by atoms with van der Waals surface area (Å²) in [6.45, 7) is 2.00. The lowest BCUT2D eigenvalue weighted by molar-refractivity contribution is 0.0533. The van der Waals surface area contributed by atoms with Crippen LogP contribution in [0.4, 0.5) is 20.8 Å². The number of ether oxygens (including phenoxy) is 1. The van der Waals surface area contributed by atoms with Crippen molar-refractivity contribution >= 4 is 55.2 Å². The van der Waals surface area contributed by atoms with Crippen LogP contribution in [0, 0.1) is 5.82 Å². The second kappa shape index (κ2) is 7.57. The van der Waals surface area contributed by atoms with Crippen molar-refractivity contribution < 1.29 is 13.9 Å². The van der Waals surface area contributed by atoms with Gasteiger partial charge in [-0.3, -0.25) is 0 Å². The molecule has 4 rings (SSSR count). The van der Waals surface area contributed by atoms with Crippen molar-refractivity contribution in [2.75, 3.05) is 17.7 Å². The Morgan fingerprint density at radius 2 is 1.93 bits per heavy atom. The number of aromatic nitrogens is 1. The first-order chi connectivity index (χ1) is 13.6. The number of benzene rings is 2. The zero-order chi connectivity index (χ0) is 19.7. The molecule has 0 saturated carbocycles. The third-order valence-electron chi connectivity index (χ3n) is 4.02. The summed E-state index contributed by atoms with van der Waals surface area (Å²) in [7, 11) is 0. The van der Waals surface area contributed by atoms with E-state index in [2.05, 4.69) is 10.3 Å². The quantitative estimate of drug-likeness (QED) is 0.413. The summed E-state index contributed by atoms with van der Waals surface area (Å²) in [6.07, 6.45) is 0. The van der Waals surface area contributed by atoms with E-state index in [0.29, 0.717) is 31.8 Å². The lowest BCUT2D eigenvalue weighted by Crippen LogP contribution is -2.05. The highest BCUT2D eigenvalue weighted by Crippen LogP contribution is 2.46. The van der Waals surface area contributed by atoms with Crippen molar-refractivity contribution in [3.63, 3.8) is 0 Å². The van der Waals surface area contributed by atoms with Crippen molar-refractivity contribution in [2.45, 2.75) is 6.92 Å². The number of nitrogens with one attached hydrogen (secondary N) is 1. The first-order valence-corrected chi connectivity index (χ1v) is 10.2. The number of para-hydroxylation sites is 1. The van der Waals surface area contributed by atoms with E-state index < -0.39 is 5.97 Å². The number of rotatable bonds is 5. The summed E-state index contributed by atoms with van der Waals surface area (Å²) in [4.78, 5) is 17.3. The highest BCUT2D eigenvalue weighted by molar-refractivity contribution is 7.23. The minimum absolute atomic E-state index is 0.257. The summed E-state index contributed by atoms with van der Waals surface area (Å²) >= 11 is 2.69. The fourth-order valence-electron chi connectivity index (χ4n) is 2.74. The van der Waals surface area contributed by atoms with Gasteiger partial charge in [-0.1, -0.05) is 12.1 Å². The average Bonchev–Trinajstić information content (AvgIpc) is 3.24. The second-order valence-corrected chi connectivity index (χ2v) is 7.94. The molecule has 0 unspecified atom stereocenters. The molecule has 2 heterocycles. The minimum atomic E-state index is -0.473. The Morgan fingerprint density at radius 3 is 2.64 bits per heavy atom. The van der Waals surface area contributed by atoms with Gasteiger partial charge >= 0.3 is 5.97 Å². The van der Waals surface area contributed by atoms with Crippen LogP contribution in [0.3, 0.4) is 0 Å². The smallest absolute Gasteiger partial charge is 0.350 e. The molecule has 0 bridgehead atoms. The molecule has 0 spiro atoms. The normalized spacial score (nSPS) is 10.9. The maximum absolute atomic E-state index is 13.2. The molecular weight excluding hydrogens is 397 g/mol. The predicted molar refractivity (Wildman–Crippen MR) is 113 cm³/mol. The van der Waals surface area contributed by atoms with Crippen LogP contribution in [0.5, 0.6) is 0 Å². The van der Waals surface area contributed by atoms with Gasteiger partial charge in [-0.2, -0.15) is 0 Å². The Bertz CT molecular complexity index is 1120. The van der Waals surface area contributed by atoms with Gasteiger partial charge < -0.3 is 15.8 Å². The van der Waals surface area contributed by atoms with Gasteiger partial charge in [-0.05, 0) is 43.3 Å². The standard InChI is InChI=1S/C20H16FN3O2S2/c1-2-26-20(25)17-16(22)15(19-24-13-5-3-4-6-14(13)27-19)18(28-17)23-12-9-7-11(21)8-10-12/h3-10,23H,2,22H2,1H3. The third kappa shape index (κ3) is 3.44. The number of carbonyl (C=O) groups excluding carboxylic acids is 1. The number of nitrogens with two attached hydrogens (primary N) is 1. The Morgan fingerprint density at radius 1 is 1.18 bits per heavy atom. The van der Waals surface area contributed by atoms with Crippen LogP contribution in [-0.4, -0.2) is 17.6 Å². The lowest BCUT2D eigenvalue weighted by atomic mass is 10.2. The SMILES string of the molecule is CCOC(=O)c1sc(Nc2ccc(F)cc2)c(-c2nc3ccccc3s2)c1N. The zero-order valence-corrected chi connectivity index (χ0v) is 16.5. The summed E-state index contributed by atoms with van der Waals surface area (Å²) in [6, 6.07) is 13.8. The summed E-state index contributed by atoms with van der Waals surface area (Å²) in [5.41, 5.74) is 8.86. The van der Waals surface area contributed by atoms with E-state index in [9.17, 15) is 9.18 Å². The molecule has 0 aliphatic carbocycles. The molecule has 4 aromatic rings. The number of hydrogen-bond donors (Lipinski definition) is 2. The first kappa shape index (κ1) is 18.4. The van der Waals surface area contributed by atoms with E-state index in [1.165, 1.54) is 34.8 Å². The molecule has 0 radical (unpaired) electrons. The highest BCUT2D eigenvalue weighted by Gasteiger charge is 2.25. The average molecular weight is 413 g/mol. The Balaban J connectivity index is 1.84. The third-order valence-corrected chi connectivity index (χ3v) is 6.17. The van der Waals surface area contributed by atoms with E-state index >= 15 is 0 Å². The molecule has 2 aromatic heterocycles. The van der Waals surface area contributed by atoms with Crippen molar-refractivity contribution in [1.29, 1.82) is 0 Å². The second-order valence-electron chi connectivity index (χ2n) is 5.89. The van der Waals surface area contributed by atoms with Crippen LogP contribution in [0.15, 0.2) is 48.5 Å². The molecule has 0 aliphatic heterocycles. The maximum atomic E-state index is 13.2. The van der Waals surface area contributed by atoms with E-state index in [4.69, 9.17) is 10.5 Å². The predicted octanol–water partition coefficient (Wildman–Crippen LogP) is 5.67. The Hall–Kier alpha value is -2.97. The molecule has 28 heavy (non-hydrogen) atoms. The highest BCUT2D eigenvalue weighted by atomic mass is 32.1. The van der Waals surface area contributed by atoms with Gasteiger partial charge in [0.2, 0.25) is 0 Å². The van der Waals surface area contributed by atoms with Crippen LogP contribution in [0.1, 0.15) is 16.6 Å². The van der Waals surface area contributed by atoms with Gasteiger partial charge in [0, 0.05) is 5.69 Å². The molecule has 0 fully saturated rings. The molecule has 0 saturated heterocycles. The van der Waals surface area contributed by atoms with Gasteiger partial charge in [-0.15, -0.1) is 22.7 Å². The molecule has 0 aliphatic rings. The number of thiophene rings is 1. The molecule has 5 nitrogen and oxygen atoms in total. The van der Waals surface area contributed by atoms with E-state index in [0.717, 1.165) is 10.2 Å². The molecule has 8 heteroatoms. The number of carbonyl (C=O) groups is 1. The number of halogens is 1. The molecule has 3 N–H and O–H groups in total. The molecule has 2 aromatic carbocycles. The number of hydrogen-bond acceptors (Lipinski definition) is 7. The largest absolute Gasteiger partial charge is 0.462 e. The van der Waals surface area contributed by atoms with Gasteiger partial charge in [0.15, 0.2) is 0 Å². The van der Waals surface area contributed by atoms with Gasteiger partial charge in [0.25, 0.3) is 0 Å². The van der Waals surface area contributed by atoms with E-state index in [1.54, 1.807) is 19.1 Å². The van der Waals surface area contributed by atoms with Gasteiger partial charge in [0.1, 0.15) is 20.7 Å². The van der Waals surface area contributed by atoms with Gasteiger partial charge in [0.05, 0.1) is 28.1 Å². The van der Waals surface area contributed by atoms with Crippen molar-refractivity contribution in [3.05, 3.63) is 59.2 Å². The van der Waals surface area contributed by atoms with E-state index in [-0.39, 0.29) is 12.4 Å². The number of nitrogen functional groups attached to an aromatic ring is 1. The fraction of sp³-hybridized carbons (Fsp3) is 0.100. The van der Waals surface area contributed by atoms with Crippen molar-refractivity contribution in [2.24, 2.45) is 0 Å². The molecule has 142 valence electrons. The molecule has 0 amide bonds. The summed E-state index contributed by atoms with van der Waals surface area (Å²) in [5, 5.41) is 4.59. The van der Waals surface area contributed by atoms with E-state index in [1.807, 2.05) is 24.3 Å². The number of esters is 1. The number of fused-ring (bicyclic) bond motifs is 1. The van der Waals surface area contributed by atoms with Crippen LogP contribution in [0.2, 0.25) is 0 Å². The number of anilines is 3. The minimum Gasteiger partial charge on any atom is -0.462 e. The first-order valence-electron chi connectivity index (χ1n) is 8.54. The Labute approximate surface area is 168 Å². The van der Waals surface area contributed by atoms with Crippen molar-refractivity contribution in [3.8, 4) is 10.6 Å². The monoisotopic (exact) mass is 413 g/mol. The van der Waals surface area contributed by atoms with Crippen LogP contribution in [-0.2, 0) is 4.74 Å². The van der Waals surface area contributed by atoms with Crippen molar-refractivity contribution in [1.82, 2.24) is 4.98 Å². The lowest BCUT2D eigenvalue weighted by Gasteiger charge is -2.06. The fourth-order valence-corrected chi connectivity index (χ4v) is 4.87. The summed E-state index contributed by atoms with van der Waals surface area (Å²) < 4.78 is 19.4. The maximum Gasteiger partial charge on any atom is 0.350 e. The number of thiazole rings is 1. The van der Waals surface area contributed by atoms with Gasteiger partial charge in [-0.25, -0.2) is 14.2 Å². The molecule has 0 atom stereocenters. The summed E-state index contributed by atoms with van der Waals surface area (Å²) in [5.74, 6) is -0.797. The molecular formula is C20H16FN3O2S2. The van der Waals surface area contributed by atoms with Crippen LogP contribution in [0.25, 0.3) is 20.8 Å². The topological polar surface area (TPSA) is 77.2 Å². The number of nitrogens with zero attached hydrogens (tertiary/aromatic N) is 1. The van der Waals surface area contributed by atoms with Crippen LogP contribution < -0.4 is 11.1 Å².